The van der Waals surface area contributed by atoms with E-state index in [1.807, 2.05) is 6.07 Å². The number of hydrogen-bond donors (Lipinski definition) is 3. The van der Waals surface area contributed by atoms with Gasteiger partial charge in [0.1, 0.15) is 0 Å². The Morgan fingerprint density at radius 2 is 2.04 bits per heavy atom. The number of ether oxygens (including phenoxy) is 1. The van der Waals surface area contributed by atoms with Crippen molar-refractivity contribution in [2.24, 2.45) is 5.92 Å². The van der Waals surface area contributed by atoms with Crippen molar-refractivity contribution in [3.8, 4) is 0 Å². The van der Waals surface area contributed by atoms with Crippen LogP contribution in [0.15, 0.2) is 16.6 Å². The molecule has 6 heteroatoms. The summed E-state index contributed by atoms with van der Waals surface area (Å²) in [5, 5.41) is 12.4. The Bertz CT molecular complexity index is 603. The van der Waals surface area contributed by atoms with Crippen LogP contribution in [0.5, 0.6) is 0 Å². The summed E-state index contributed by atoms with van der Waals surface area (Å²) in [6.45, 7) is 3.51. The summed E-state index contributed by atoms with van der Waals surface area (Å²) < 4.78 is 6.15. The van der Waals surface area contributed by atoms with Gasteiger partial charge in [0.05, 0.1) is 17.9 Å². The molecule has 1 saturated carbocycles. The summed E-state index contributed by atoms with van der Waals surface area (Å²) in [4.78, 5) is 12.5. The highest BCUT2D eigenvalue weighted by Gasteiger charge is 2.27. The zero-order valence-corrected chi connectivity index (χ0v) is 17.9. The van der Waals surface area contributed by atoms with Crippen LogP contribution in [0, 0.1) is 5.92 Å². The van der Waals surface area contributed by atoms with E-state index in [1.165, 1.54) is 32.1 Å². The van der Waals surface area contributed by atoms with E-state index < -0.39 is 0 Å². The minimum Gasteiger partial charge on any atom is -0.462 e. The van der Waals surface area contributed by atoms with Gasteiger partial charge in [-0.25, -0.2) is 4.79 Å². The van der Waals surface area contributed by atoms with Gasteiger partial charge in [0.15, 0.2) is 0 Å². The Labute approximate surface area is 171 Å². The van der Waals surface area contributed by atoms with Crippen LogP contribution >= 0.6 is 15.9 Å². The molecule has 1 unspecified atom stereocenters. The first kappa shape index (κ1) is 22.2. The van der Waals surface area contributed by atoms with E-state index in [9.17, 15) is 4.79 Å². The molecule has 0 radical (unpaired) electrons. The number of anilines is 1. The second kappa shape index (κ2) is 11.7. The van der Waals surface area contributed by atoms with Crippen molar-refractivity contribution in [1.29, 1.82) is 0 Å². The van der Waals surface area contributed by atoms with Crippen LogP contribution in [0.25, 0.3) is 0 Å². The smallest absolute Gasteiger partial charge is 0.338 e. The maximum atomic E-state index is 12.5. The number of esters is 1. The lowest BCUT2D eigenvalue weighted by Crippen LogP contribution is -2.30. The quantitative estimate of drug-likeness (QED) is 0.281. The number of nitrogen functional groups attached to an aromatic ring is 1. The predicted octanol–water partition coefficient (Wildman–Crippen LogP) is 4.58. The molecule has 1 atom stereocenters. The monoisotopic (exact) mass is 440 g/mol. The minimum atomic E-state index is -0.320. The van der Waals surface area contributed by atoms with E-state index in [4.69, 9.17) is 15.6 Å². The zero-order chi connectivity index (χ0) is 19.6. The van der Waals surface area contributed by atoms with Gasteiger partial charge >= 0.3 is 5.97 Å². The van der Waals surface area contributed by atoms with Crippen LogP contribution in [0.4, 0.5) is 5.69 Å². The zero-order valence-electron chi connectivity index (χ0n) is 16.3. The summed E-state index contributed by atoms with van der Waals surface area (Å²) in [5.41, 5.74) is 8.61. The highest BCUT2D eigenvalue weighted by Crippen LogP contribution is 2.39. The average Bonchev–Trinajstić information content (AvgIpc) is 2.68. The second-order valence-corrected chi connectivity index (χ2v) is 8.17. The van der Waals surface area contributed by atoms with E-state index >= 15 is 0 Å². The first-order valence-electron chi connectivity index (χ1n) is 10.2. The van der Waals surface area contributed by atoms with Gasteiger partial charge in [-0.3, -0.25) is 0 Å². The Hall–Kier alpha value is -1.11. The minimum absolute atomic E-state index is 0.156. The fraction of sp³-hybridized carbons (Fsp3) is 0.667. The standard InChI is InChI=1S/C21H33BrN2O3/c1-2-24-20(15-9-5-3-6-10-15)17-13-16(14-18(22)19(17)23)21(26)27-12-8-4-7-11-25/h13-15,20,24-25H,2-12,23H2,1H3. The molecule has 5 nitrogen and oxygen atoms in total. The first-order valence-corrected chi connectivity index (χ1v) is 11.0. The summed E-state index contributed by atoms with van der Waals surface area (Å²) in [7, 11) is 0. The van der Waals surface area contributed by atoms with E-state index in [0.29, 0.717) is 23.8 Å². The molecule has 0 spiro atoms. The fourth-order valence-electron chi connectivity index (χ4n) is 3.87. The number of halogens is 1. The number of aliphatic hydroxyl groups excluding tert-OH is 1. The number of carbonyl (C=O) groups is 1. The molecule has 0 aromatic heterocycles. The van der Waals surface area contributed by atoms with Crippen LogP contribution in [0.1, 0.15) is 80.3 Å². The molecule has 0 aliphatic heterocycles. The number of aliphatic hydroxyl groups is 1. The van der Waals surface area contributed by atoms with Crippen molar-refractivity contribution in [3.63, 3.8) is 0 Å². The van der Waals surface area contributed by atoms with E-state index in [0.717, 1.165) is 35.8 Å². The predicted molar refractivity (Wildman–Crippen MR) is 113 cm³/mol. The van der Waals surface area contributed by atoms with Gasteiger partial charge in [0.2, 0.25) is 0 Å². The Balaban J connectivity index is 2.16. The van der Waals surface area contributed by atoms with Crippen LogP contribution < -0.4 is 11.1 Å². The molecule has 1 aliphatic rings. The van der Waals surface area contributed by atoms with Gasteiger partial charge in [-0.1, -0.05) is 26.2 Å². The summed E-state index contributed by atoms with van der Waals surface area (Å²) in [5.74, 6) is 0.220. The Morgan fingerprint density at radius 3 is 2.70 bits per heavy atom. The van der Waals surface area contributed by atoms with Gasteiger partial charge in [-0.05, 0) is 78.2 Å². The number of nitrogens with one attached hydrogen (secondary N) is 1. The van der Waals surface area contributed by atoms with Crippen molar-refractivity contribution < 1.29 is 14.6 Å². The van der Waals surface area contributed by atoms with Crippen molar-refractivity contribution >= 4 is 27.6 Å². The molecule has 0 heterocycles. The average molecular weight is 441 g/mol. The molecule has 152 valence electrons. The van der Waals surface area contributed by atoms with E-state index in [2.05, 4.69) is 28.2 Å². The number of rotatable bonds is 10. The largest absolute Gasteiger partial charge is 0.462 e. The van der Waals surface area contributed by atoms with Crippen molar-refractivity contribution in [2.75, 3.05) is 25.5 Å². The summed E-state index contributed by atoms with van der Waals surface area (Å²) >= 11 is 3.52. The number of carbonyl (C=O) groups excluding carboxylic acids is 1. The van der Waals surface area contributed by atoms with Gasteiger partial charge < -0.3 is 20.9 Å². The molecule has 1 aromatic carbocycles. The molecule has 1 aliphatic carbocycles. The Morgan fingerprint density at radius 1 is 1.30 bits per heavy atom. The molecule has 0 bridgehead atoms. The topological polar surface area (TPSA) is 84.6 Å². The number of hydrogen-bond acceptors (Lipinski definition) is 5. The lowest BCUT2D eigenvalue weighted by Gasteiger charge is -2.32. The third kappa shape index (κ3) is 6.47. The lowest BCUT2D eigenvalue weighted by molar-refractivity contribution is 0.0496. The molecular weight excluding hydrogens is 408 g/mol. The molecule has 0 saturated heterocycles. The molecule has 27 heavy (non-hydrogen) atoms. The maximum Gasteiger partial charge on any atom is 0.338 e. The van der Waals surface area contributed by atoms with Gasteiger partial charge in [-0.2, -0.15) is 0 Å². The summed E-state index contributed by atoms with van der Waals surface area (Å²) in [6.07, 6.45) is 8.54. The van der Waals surface area contributed by atoms with Crippen LogP contribution in [-0.2, 0) is 4.74 Å². The highest BCUT2D eigenvalue weighted by molar-refractivity contribution is 9.10. The van der Waals surface area contributed by atoms with E-state index in [1.54, 1.807) is 6.07 Å². The number of unbranched alkanes of at least 4 members (excludes halogenated alkanes) is 2. The highest BCUT2D eigenvalue weighted by atomic mass is 79.9. The number of benzene rings is 1. The van der Waals surface area contributed by atoms with Gasteiger partial charge in [-0.15, -0.1) is 0 Å². The molecule has 4 N–H and O–H groups in total. The lowest BCUT2D eigenvalue weighted by atomic mass is 9.80. The molecule has 0 amide bonds. The Kier molecular flexibility index (Phi) is 9.59. The molecular formula is C21H33BrN2O3. The van der Waals surface area contributed by atoms with Crippen molar-refractivity contribution in [3.05, 3.63) is 27.7 Å². The second-order valence-electron chi connectivity index (χ2n) is 7.31. The van der Waals surface area contributed by atoms with E-state index in [-0.39, 0.29) is 18.6 Å². The number of nitrogens with two attached hydrogens (primary N) is 1. The molecule has 1 fully saturated rings. The van der Waals surface area contributed by atoms with Crippen LogP contribution in [0.2, 0.25) is 0 Å². The van der Waals surface area contributed by atoms with Gasteiger partial charge in [0, 0.05) is 17.1 Å². The van der Waals surface area contributed by atoms with Crippen LogP contribution in [-0.4, -0.2) is 30.8 Å². The van der Waals surface area contributed by atoms with Gasteiger partial charge in [0.25, 0.3) is 0 Å². The van der Waals surface area contributed by atoms with Crippen molar-refractivity contribution in [2.45, 2.75) is 64.3 Å². The summed E-state index contributed by atoms with van der Waals surface area (Å²) in [6, 6.07) is 3.81. The third-order valence-electron chi connectivity index (χ3n) is 5.31. The van der Waals surface area contributed by atoms with Crippen LogP contribution in [0.3, 0.4) is 0 Å². The SMILES string of the molecule is CCNC(c1cc(C(=O)OCCCCCO)cc(Br)c1N)C1CCCCC1. The third-order valence-corrected chi connectivity index (χ3v) is 5.97. The fourth-order valence-corrected chi connectivity index (χ4v) is 4.35. The maximum absolute atomic E-state index is 12.5. The first-order chi connectivity index (χ1) is 13.1. The molecule has 2 rings (SSSR count). The normalized spacial score (nSPS) is 16.3. The van der Waals surface area contributed by atoms with Crippen molar-refractivity contribution in [1.82, 2.24) is 5.32 Å². The molecule has 1 aromatic rings.